The number of carboxylic acid groups (broad SMARTS) is 1. The zero-order chi connectivity index (χ0) is 16.6. The molecule has 0 radical (unpaired) electrons. The monoisotopic (exact) mass is 396 g/mol. The molecule has 1 aliphatic heterocycles. The number of nitrogens with zero attached hydrogens (tertiary/aromatic N) is 2. The molecule has 7 heteroatoms. The van der Waals surface area contributed by atoms with E-state index in [-0.39, 0.29) is 12.1 Å². The third-order valence-electron chi connectivity index (χ3n) is 3.58. The first kappa shape index (κ1) is 16.0. The van der Waals surface area contributed by atoms with Gasteiger partial charge in [0.15, 0.2) is 0 Å². The molecule has 0 saturated carbocycles. The van der Waals surface area contributed by atoms with Crippen LogP contribution in [0.1, 0.15) is 18.0 Å². The summed E-state index contributed by atoms with van der Waals surface area (Å²) in [5.41, 5.74) is 1.22. The van der Waals surface area contributed by atoms with Crippen molar-refractivity contribution >= 4 is 44.9 Å². The van der Waals surface area contributed by atoms with Crippen LogP contribution in [0.25, 0.3) is 0 Å². The predicted octanol–water partition coefficient (Wildman–Crippen LogP) is 4.63. The summed E-state index contributed by atoms with van der Waals surface area (Å²) in [6.07, 6.45) is 0.168. The number of rotatable bonds is 3. The van der Waals surface area contributed by atoms with Gasteiger partial charge in [-0.3, -0.25) is 5.01 Å². The summed E-state index contributed by atoms with van der Waals surface area (Å²) in [5.74, 6) is -1.51. The molecule has 1 unspecified atom stereocenters. The minimum atomic E-state index is -1.10. The van der Waals surface area contributed by atoms with Crippen LogP contribution in [0.5, 0.6) is 0 Å². The summed E-state index contributed by atoms with van der Waals surface area (Å²) >= 11 is 9.31. The van der Waals surface area contributed by atoms with E-state index >= 15 is 0 Å². The first-order valence-corrected chi connectivity index (χ1v) is 7.94. The topological polar surface area (TPSA) is 52.9 Å². The van der Waals surface area contributed by atoms with E-state index in [0.29, 0.717) is 20.7 Å². The van der Waals surface area contributed by atoms with E-state index in [4.69, 9.17) is 11.6 Å². The van der Waals surface area contributed by atoms with Crippen LogP contribution in [0.15, 0.2) is 52.0 Å². The Morgan fingerprint density at radius 1 is 1.35 bits per heavy atom. The fraction of sp³-hybridized carbons (Fsp3) is 0.125. The van der Waals surface area contributed by atoms with Gasteiger partial charge in [-0.05, 0) is 45.8 Å². The van der Waals surface area contributed by atoms with Crippen molar-refractivity contribution in [2.45, 2.75) is 12.5 Å². The van der Waals surface area contributed by atoms with E-state index in [1.54, 1.807) is 36.4 Å². The number of aliphatic carboxylic acids is 1. The third-order valence-corrected chi connectivity index (χ3v) is 4.55. The lowest BCUT2D eigenvalue weighted by Gasteiger charge is -2.24. The van der Waals surface area contributed by atoms with E-state index < -0.39 is 17.8 Å². The highest BCUT2D eigenvalue weighted by atomic mass is 79.9. The number of hydrogen-bond donors (Lipinski definition) is 1. The number of carboxylic acids is 1. The Morgan fingerprint density at radius 2 is 2.09 bits per heavy atom. The van der Waals surface area contributed by atoms with Gasteiger partial charge in [-0.2, -0.15) is 5.10 Å². The van der Waals surface area contributed by atoms with Crippen LogP contribution in [0, 0.1) is 5.82 Å². The SMILES string of the molecule is O=C(O)C1=NN(c2ccccc2Cl)C(c2ccc(Br)c(F)c2)C1. The zero-order valence-electron chi connectivity index (χ0n) is 11.7. The highest BCUT2D eigenvalue weighted by molar-refractivity contribution is 9.10. The molecule has 0 aliphatic carbocycles. The Kier molecular flexibility index (Phi) is 4.37. The first-order chi connectivity index (χ1) is 11.0. The number of hydrogen-bond acceptors (Lipinski definition) is 3. The van der Waals surface area contributed by atoms with Gasteiger partial charge in [0.2, 0.25) is 0 Å². The molecule has 3 rings (SSSR count). The Labute approximate surface area is 145 Å². The molecule has 2 aromatic rings. The van der Waals surface area contributed by atoms with Gasteiger partial charge in [-0.1, -0.05) is 29.8 Å². The fourth-order valence-corrected chi connectivity index (χ4v) is 2.95. The molecule has 0 saturated heterocycles. The summed E-state index contributed by atoms with van der Waals surface area (Å²) in [5, 5.41) is 15.4. The highest BCUT2D eigenvalue weighted by Gasteiger charge is 2.33. The maximum absolute atomic E-state index is 13.9. The Hall–Kier alpha value is -1.92. The van der Waals surface area contributed by atoms with Crippen LogP contribution in [0.2, 0.25) is 5.02 Å². The fourth-order valence-electron chi connectivity index (χ4n) is 2.48. The normalized spacial score (nSPS) is 17.3. The van der Waals surface area contributed by atoms with E-state index in [1.807, 2.05) is 0 Å². The molecule has 118 valence electrons. The zero-order valence-corrected chi connectivity index (χ0v) is 14.1. The van der Waals surface area contributed by atoms with Gasteiger partial charge in [0.1, 0.15) is 11.5 Å². The number of halogens is 3. The van der Waals surface area contributed by atoms with Gasteiger partial charge < -0.3 is 5.11 Å². The maximum Gasteiger partial charge on any atom is 0.352 e. The smallest absolute Gasteiger partial charge is 0.352 e. The average molecular weight is 398 g/mol. The lowest BCUT2D eigenvalue weighted by Crippen LogP contribution is -2.19. The first-order valence-electron chi connectivity index (χ1n) is 6.77. The van der Waals surface area contributed by atoms with Crippen LogP contribution in [-0.2, 0) is 4.79 Å². The molecule has 2 aromatic carbocycles. The highest BCUT2D eigenvalue weighted by Crippen LogP contribution is 2.39. The van der Waals surface area contributed by atoms with Gasteiger partial charge in [-0.15, -0.1) is 0 Å². The molecular weight excluding hydrogens is 387 g/mol. The largest absolute Gasteiger partial charge is 0.477 e. The molecule has 0 fully saturated rings. The van der Waals surface area contributed by atoms with E-state index in [0.717, 1.165) is 0 Å². The van der Waals surface area contributed by atoms with Crippen LogP contribution in [0.4, 0.5) is 10.1 Å². The summed E-state index contributed by atoms with van der Waals surface area (Å²) in [7, 11) is 0. The van der Waals surface area contributed by atoms with Crippen molar-refractivity contribution in [1.29, 1.82) is 0 Å². The maximum atomic E-state index is 13.9. The summed E-state index contributed by atoms with van der Waals surface area (Å²) < 4.78 is 14.2. The Bertz CT molecular complexity index is 812. The molecule has 0 spiro atoms. The van der Waals surface area contributed by atoms with Crippen LogP contribution in [0.3, 0.4) is 0 Å². The van der Waals surface area contributed by atoms with Crippen molar-refractivity contribution in [2.24, 2.45) is 5.10 Å². The standard InChI is InChI=1S/C16H11BrClFN2O2/c17-10-6-5-9(7-12(10)19)15-8-13(16(22)23)20-21(15)14-4-2-1-3-11(14)18/h1-7,15H,8H2,(H,22,23). The van der Waals surface area contributed by atoms with Crippen LogP contribution >= 0.6 is 27.5 Å². The molecule has 1 heterocycles. The molecule has 0 aromatic heterocycles. The van der Waals surface area contributed by atoms with Gasteiger partial charge in [0.25, 0.3) is 0 Å². The predicted molar refractivity (Wildman–Crippen MR) is 90.5 cm³/mol. The molecule has 4 nitrogen and oxygen atoms in total. The average Bonchev–Trinajstić information content (AvgIpc) is 2.96. The van der Waals surface area contributed by atoms with Crippen molar-refractivity contribution in [1.82, 2.24) is 0 Å². The number of carbonyl (C=O) groups is 1. The molecule has 1 N–H and O–H groups in total. The second-order valence-corrected chi connectivity index (χ2v) is 6.30. The molecule has 23 heavy (non-hydrogen) atoms. The van der Waals surface area contributed by atoms with Crippen molar-refractivity contribution in [3.63, 3.8) is 0 Å². The molecule has 1 aliphatic rings. The molecule has 0 amide bonds. The van der Waals surface area contributed by atoms with E-state index in [9.17, 15) is 14.3 Å². The van der Waals surface area contributed by atoms with Gasteiger partial charge in [0, 0.05) is 6.42 Å². The summed E-state index contributed by atoms with van der Waals surface area (Å²) in [6, 6.07) is 11.3. The number of benzene rings is 2. The lowest BCUT2D eigenvalue weighted by molar-refractivity contribution is -0.129. The minimum Gasteiger partial charge on any atom is -0.477 e. The summed E-state index contributed by atoms with van der Waals surface area (Å²) in [6.45, 7) is 0. The number of hydrazone groups is 1. The Morgan fingerprint density at radius 3 is 2.74 bits per heavy atom. The van der Waals surface area contributed by atoms with Crippen LogP contribution < -0.4 is 5.01 Å². The molecular formula is C16H11BrClFN2O2. The second-order valence-electron chi connectivity index (χ2n) is 5.04. The van der Waals surface area contributed by atoms with Gasteiger partial charge >= 0.3 is 5.97 Å². The lowest BCUT2D eigenvalue weighted by atomic mass is 10.0. The second kappa shape index (κ2) is 6.29. The molecule has 0 bridgehead atoms. The third kappa shape index (κ3) is 3.09. The Balaban J connectivity index is 2.06. The van der Waals surface area contributed by atoms with Gasteiger partial charge in [0.05, 0.1) is 21.2 Å². The van der Waals surface area contributed by atoms with Crippen molar-refractivity contribution in [3.8, 4) is 0 Å². The number of anilines is 1. The van der Waals surface area contributed by atoms with E-state index in [1.165, 1.54) is 11.1 Å². The minimum absolute atomic E-state index is 0.0123. The van der Waals surface area contributed by atoms with Crippen molar-refractivity contribution in [2.75, 3.05) is 5.01 Å². The van der Waals surface area contributed by atoms with E-state index in [2.05, 4.69) is 21.0 Å². The van der Waals surface area contributed by atoms with Gasteiger partial charge in [-0.25, -0.2) is 9.18 Å². The van der Waals surface area contributed by atoms with Crippen molar-refractivity contribution in [3.05, 3.63) is 63.3 Å². The summed E-state index contributed by atoms with van der Waals surface area (Å²) in [4.78, 5) is 11.3. The van der Waals surface area contributed by atoms with Crippen LogP contribution in [-0.4, -0.2) is 16.8 Å². The van der Waals surface area contributed by atoms with Crippen molar-refractivity contribution < 1.29 is 14.3 Å². The molecule has 1 atom stereocenters. The number of para-hydroxylation sites is 1. The quantitative estimate of drug-likeness (QED) is 0.821.